The number of ketones is 2. The van der Waals surface area contributed by atoms with Crippen LogP contribution in [-0.2, 0) is 0 Å². The highest BCUT2D eigenvalue weighted by molar-refractivity contribution is 6.18. The fourth-order valence-electron chi connectivity index (χ4n) is 6.01. The molecule has 0 amide bonds. The van der Waals surface area contributed by atoms with Crippen LogP contribution >= 0.6 is 0 Å². The van der Waals surface area contributed by atoms with Crippen LogP contribution in [0.5, 0.6) is 23.0 Å². The average molecular weight is 479 g/mol. The summed E-state index contributed by atoms with van der Waals surface area (Å²) < 4.78 is 0. The highest BCUT2D eigenvalue weighted by Crippen LogP contribution is 2.55. The van der Waals surface area contributed by atoms with Crippen LogP contribution in [0.2, 0.25) is 0 Å². The zero-order valence-corrected chi connectivity index (χ0v) is 19.5. The number of rotatable bonds is 1. The van der Waals surface area contributed by atoms with Crippen molar-refractivity contribution in [1.82, 2.24) is 0 Å². The molecule has 0 saturated carbocycles. The summed E-state index contributed by atoms with van der Waals surface area (Å²) in [5.74, 6) is -2.98. The van der Waals surface area contributed by atoms with Crippen molar-refractivity contribution in [1.29, 1.82) is 0 Å². The summed E-state index contributed by atoms with van der Waals surface area (Å²) in [6, 6.07) is 16.4. The first-order valence-corrected chi connectivity index (χ1v) is 11.6. The quantitative estimate of drug-likeness (QED) is 0.300. The molecule has 0 aromatic heterocycles. The normalized spacial score (nSPS) is 17.7. The number of phenolic OH excluding ortho intramolecular Hbond substituents is 4. The number of aryl methyl sites for hydroxylation is 2. The van der Waals surface area contributed by atoms with E-state index in [0.29, 0.717) is 22.3 Å². The Labute approximate surface area is 206 Å². The zero-order valence-electron chi connectivity index (χ0n) is 19.5. The smallest absolute Gasteiger partial charge is 0.201 e. The molecule has 4 aromatic rings. The maximum Gasteiger partial charge on any atom is 0.201 e. The third kappa shape index (κ3) is 2.84. The average Bonchev–Trinajstić information content (AvgIpc) is 2.79. The highest BCUT2D eigenvalue weighted by Gasteiger charge is 2.45. The van der Waals surface area contributed by atoms with Gasteiger partial charge in [0.25, 0.3) is 0 Å². The summed E-state index contributed by atoms with van der Waals surface area (Å²) in [4.78, 5) is 27.1. The Morgan fingerprint density at radius 2 is 0.861 bits per heavy atom. The van der Waals surface area contributed by atoms with Crippen molar-refractivity contribution in [3.8, 4) is 23.0 Å². The first-order chi connectivity index (χ1) is 17.2. The van der Waals surface area contributed by atoms with Crippen LogP contribution in [0.25, 0.3) is 0 Å². The number of hydrogen-bond acceptors (Lipinski definition) is 6. The Balaban J connectivity index is 1.78. The van der Waals surface area contributed by atoms with Gasteiger partial charge in [0.15, 0.2) is 0 Å². The van der Waals surface area contributed by atoms with Gasteiger partial charge in [-0.2, -0.15) is 0 Å². The molecular weight excluding hydrogens is 456 g/mol. The van der Waals surface area contributed by atoms with Crippen molar-refractivity contribution in [2.45, 2.75) is 25.7 Å². The molecule has 0 fully saturated rings. The van der Waals surface area contributed by atoms with Crippen molar-refractivity contribution in [3.63, 3.8) is 0 Å². The molecule has 178 valence electrons. The molecule has 0 saturated heterocycles. The van der Waals surface area contributed by atoms with Gasteiger partial charge in [-0.1, -0.05) is 36.4 Å². The second-order valence-electron chi connectivity index (χ2n) is 9.59. The van der Waals surface area contributed by atoms with E-state index < -0.39 is 23.4 Å². The maximum absolute atomic E-state index is 13.5. The molecule has 6 rings (SSSR count). The van der Waals surface area contributed by atoms with Gasteiger partial charge in [-0.25, -0.2) is 0 Å². The molecule has 0 heterocycles. The molecular formula is C30H22O6. The predicted octanol–water partition coefficient (Wildman–Crippen LogP) is 5.18. The van der Waals surface area contributed by atoms with Crippen LogP contribution < -0.4 is 0 Å². The van der Waals surface area contributed by atoms with E-state index >= 15 is 0 Å². The van der Waals surface area contributed by atoms with Crippen LogP contribution in [0.3, 0.4) is 0 Å². The number of fused-ring (bicyclic) bond motifs is 4. The van der Waals surface area contributed by atoms with Gasteiger partial charge in [-0.05, 0) is 71.5 Å². The zero-order chi connectivity index (χ0) is 25.5. The molecule has 0 bridgehead atoms. The van der Waals surface area contributed by atoms with Crippen LogP contribution in [0.1, 0.15) is 77.1 Å². The monoisotopic (exact) mass is 478 g/mol. The van der Waals surface area contributed by atoms with Crippen LogP contribution in [0, 0.1) is 13.8 Å². The summed E-state index contributed by atoms with van der Waals surface area (Å²) >= 11 is 0. The van der Waals surface area contributed by atoms with Gasteiger partial charge in [-0.15, -0.1) is 0 Å². The lowest BCUT2D eigenvalue weighted by molar-refractivity contribution is 0.101. The molecule has 0 unspecified atom stereocenters. The molecule has 2 atom stereocenters. The number of aromatic hydroxyl groups is 4. The van der Waals surface area contributed by atoms with Crippen molar-refractivity contribution < 1.29 is 30.0 Å². The van der Waals surface area contributed by atoms with E-state index in [9.17, 15) is 30.0 Å². The lowest BCUT2D eigenvalue weighted by atomic mass is 9.63. The number of benzene rings is 4. The molecule has 6 heteroatoms. The Hall–Kier alpha value is -4.58. The van der Waals surface area contributed by atoms with Gasteiger partial charge < -0.3 is 20.4 Å². The SMILES string of the molecule is Cc1cc(O)c2c(c1)[C@H]([C@@H]1c3cccc(O)c3C(=O)c3c(O)cc(C)cc31)c1cccc(O)c1C2=O. The second-order valence-corrected chi connectivity index (χ2v) is 9.59. The molecule has 2 aliphatic rings. The maximum atomic E-state index is 13.5. The highest BCUT2D eigenvalue weighted by atomic mass is 16.3. The van der Waals surface area contributed by atoms with E-state index in [-0.39, 0.29) is 45.3 Å². The Morgan fingerprint density at radius 3 is 1.25 bits per heavy atom. The summed E-state index contributed by atoms with van der Waals surface area (Å²) in [6.45, 7) is 3.63. The molecule has 0 radical (unpaired) electrons. The minimum atomic E-state index is -0.612. The van der Waals surface area contributed by atoms with Crippen LogP contribution in [0.4, 0.5) is 0 Å². The van der Waals surface area contributed by atoms with Gasteiger partial charge in [0, 0.05) is 11.8 Å². The fourth-order valence-corrected chi connectivity index (χ4v) is 6.01. The van der Waals surface area contributed by atoms with Gasteiger partial charge in [0.05, 0.1) is 22.3 Å². The van der Waals surface area contributed by atoms with Gasteiger partial charge >= 0.3 is 0 Å². The second kappa shape index (κ2) is 7.46. The van der Waals surface area contributed by atoms with E-state index in [0.717, 1.165) is 11.1 Å². The Bertz CT molecular complexity index is 1530. The number of hydrogen-bond donors (Lipinski definition) is 4. The molecule has 0 spiro atoms. The molecule has 4 aromatic carbocycles. The van der Waals surface area contributed by atoms with E-state index in [1.54, 1.807) is 24.3 Å². The first kappa shape index (κ1) is 21.9. The van der Waals surface area contributed by atoms with Crippen LogP contribution in [0.15, 0.2) is 60.7 Å². The van der Waals surface area contributed by atoms with E-state index in [1.807, 2.05) is 26.0 Å². The lowest BCUT2D eigenvalue weighted by Gasteiger charge is -2.38. The Morgan fingerprint density at radius 1 is 0.500 bits per heavy atom. The van der Waals surface area contributed by atoms with Gasteiger partial charge in [0.1, 0.15) is 23.0 Å². The predicted molar refractivity (Wildman–Crippen MR) is 132 cm³/mol. The Kier molecular flexibility index (Phi) is 4.54. The lowest BCUT2D eigenvalue weighted by Crippen LogP contribution is -2.29. The molecule has 2 aliphatic carbocycles. The standard InChI is InChI=1S/C30H22O6/c1-13-9-17-23(15-5-3-7-19(31)25(15)29(35)27(17)21(33)11-13)24-16-6-4-8-20(32)26(16)30(36)28-18(24)10-14(2)12-22(28)34/h3-12,23-24,31-34H,1-2H3/t23-,24-/m1/s1. The number of carbonyl (C=O) groups excluding carboxylic acids is 2. The minimum Gasteiger partial charge on any atom is -0.507 e. The van der Waals surface area contributed by atoms with E-state index in [2.05, 4.69) is 0 Å². The van der Waals surface area contributed by atoms with Crippen LogP contribution in [-0.4, -0.2) is 32.0 Å². The third-order valence-electron chi connectivity index (χ3n) is 7.32. The molecule has 36 heavy (non-hydrogen) atoms. The largest absolute Gasteiger partial charge is 0.507 e. The molecule has 0 aliphatic heterocycles. The topological polar surface area (TPSA) is 115 Å². The van der Waals surface area contributed by atoms with Gasteiger partial charge in [0.2, 0.25) is 11.6 Å². The van der Waals surface area contributed by atoms with Crippen molar-refractivity contribution in [2.24, 2.45) is 0 Å². The summed E-state index contributed by atoms with van der Waals surface area (Å²) in [5.41, 5.74) is 4.03. The number of phenols is 4. The summed E-state index contributed by atoms with van der Waals surface area (Å²) in [6.07, 6.45) is 0. The minimum absolute atomic E-state index is 0.0891. The summed E-state index contributed by atoms with van der Waals surface area (Å²) in [7, 11) is 0. The number of carbonyl (C=O) groups is 2. The van der Waals surface area contributed by atoms with Crippen molar-refractivity contribution in [3.05, 3.63) is 116 Å². The summed E-state index contributed by atoms with van der Waals surface area (Å²) in [5, 5.41) is 43.2. The fraction of sp³-hybridized carbons (Fsp3) is 0.133. The van der Waals surface area contributed by atoms with Crippen molar-refractivity contribution >= 4 is 11.6 Å². The van der Waals surface area contributed by atoms with E-state index in [1.165, 1.54) is 24.3 Å². The van der Waals surface area contributed by atoms with Crippen molar-refractivity contribution in [2.75, 3.05) is 0 Å². The molecule has 6 nitrogen and oxygen atoms in total. The third-order valence-corrected chi connectivity index (χ3v) is 7.32. The van der Waals surface area contributed by atoms with E-state index in [4.69, 9.17) is 0 Å². The first-order valence-electron chi connectivity index (χ1n) is 11.6. The molecule has 4 N–H and O–H groups in total. The van der Waals surface area contributed by atoms with Gasteiger partial charge in [-0.3, -0.25) is 9.59 Å².